The molecule has 0 saturated carbocycles. The summed E-state index contributed by atoms with van der Waals surface area (Å²) in [6.45, 7) is 4.73. The van der Waals surface area contributed by atoms with Crippen molar-refractivity contribution in [1.29, 1.82) is 0 Å². The van der Waals surface area contributed by atoms with Gasteiger partial charge in [-0.2, -0.15) is 0 Å². The fourth-order valence-corrected chi connectivity index (χ4v) is 5.75. The van der Waals surface area contributed by atoms with E-state index in [-0.39, 0.29) is 5.91 Å². The van der Waals surface area contributed by atoms with Gasteiger partial charge in [-0.3, -0.25) is 14.6 Å². The fraction of sp³-hybridized carbons (Fsp3) is 0.364. The summed E-state index contributed by atoms with van der Waals surface area (Å²) < 4.78 is 6.56. The van der Waals surface area contributed by atoms with Gasteiger partial charge in [-0.15, -0.1) is 23.5 Å². The molecule has 0 aliphatic carbocycles. The highest BCUT2D eigenvalue weighted by Gasteiger charge is 2.22. The van der Waals surface area contributed by atoms with E-state index in [2.05, 4.69) is 23.3 Å². The van der Waals surface area contributed by atoms with Crippen molar-refractivity contribution in [3.63, 3.8) is 0 Å². The Hall–Kier alpha value is -1.29. The first kappa shape index (κ1) is 22.9. The number of carbonyl (C=O) groups is 1. The van der Waals surface area contributed by atoms with Crippen molar-refractivity contribution >= 4 is 67.7 Å². The molecule has 2 heterocycles. The predicted molar refractivity (Wildman–Crippen MR) is 133 cm³/mol. The summed E-state index contributed by atoms with van der Waals surface area (Å²) in [7, 11) is 0. The minimum atomic E-state index is 0.0670. The molecule has 0 spiro atoms. The number of amides is 1. The fourth-order valence-electron chi connectivity index (χ4n) is 3.28. The monoisotopic (exact) mass is 493 g/mol. The first-order valence-electron chi connectivity index (χ1n) is 10.1. The summed E-state index contributed by atoms with van der Waals surface area (Å²) in [5, 5.41) is 1.46. The molecular weight excluding hydrogens is 470 g/mol. The number of nitrogens with zero attached hydrogens (tertiary/aromatic N) is 3. The summed E-state index contributed by atoms with van der Waals surface area (Å²) in [5.41, 5.74) is 0.937. The number of fused-ring (bicyclic) bond motifs is 1. The van der Waals surface area contributed by atoms with Gasteiger partial charge in [0.05, 0.1) is 29.2 Å². The van der Waals surface area contributed by atoms with Crippen LogP contribution in [0, 0.1) is 0 Å². The number of halogens is 1. The summed E-state index contributed by atoms with van der Waals surface area (Å²) in [6.07, 6.45) is 2.06. The van der Waals surface area contributed by atoms with Gasteiger partial charge >= 0.3 is 0 Å². The molecule has 1 amide bonds. The van der Waals surface area contributed by atoms with E-state index in [9.17, 15) is 4.79 Å². The van der Waals surface area contributed by atoms with Crippen molar-refractivity contribution in [2.24, 2.45) is 0 Å². The molecule has 0 bridgehead atoms. The smallest absolute Gasteiger partial charge is 0.239 e. The third kappa shape index (κ3) is 6.15. The molecule has 0 atom stereocenters. The van der Waals surface area contributed by atoms with Gasteiger partial charge in [-0.25, -0.2) is 4.98 Å². The number of rotatable bonds is 8. The quantitative estimate of drug-likeness (QED) is 0.405. The van der Waals surface area contributed by atoms with Gasteiger partial charge in [0.25, 0.3) is 0 Å². The van der Waals surface area contributed by atoms with Crippen LogP contribution in [0.2, 0.25) is 5.02 Å². The number of ether oxygens (including phenoxy) is 1. The van der Waals surface area contributed by atoms with Gasteiger partial charge < -0.3 is 4.74 Å². The Morgan fingerprint density at radius 3 is 2.68 bits per heavy atom. The van der Waals surface area contributed by atoms with Gasteiger partial charge in [0.15, 0.2) is 5.13 Å². The van der Waals surface area contributed by atoms with Crippen molar-refractivity contribution in [2.75, 3.05) is 56.3 Å². The second kappa shape index (κ2) is 11.0. The minimum absolute atomic E-state index is 0.0670. The van der Waals surface area contributed by atoms with Crippen LogP contribution in [0.4, 0.5) is 5.13 Å². The maximum atomic E-state index is 13.3. The molecule has 5 nitrogen and oxygen atoms in total. The highest BCUT2D eigenvalue weighted by Crippen LogP contribution is 2.32. The molecule has 1 saturated heterocycles. The van der Waals surface area contributed by atoms with Crippen LogP contribution >= 0.6 is 46.5 Å². The molecular formula is C22H24ClN3O2S3. The van der Waals surface area contributed by atoms with E-state index in [0.717, 1.165) is 53.1 Å². The Labute approximate surface area is 200 Å². The lowest BCUT2D eigenvalue weighted by Gasteiger charge is -2.29. The van der Waals surface area contributed by atoms with Crippen LogP contribution in [0.15, 0.2) is 52.3 Å². The van der Waals surface area contributed by atoms with Crippen LogP contribution in [0.5, 0.6) is 0 Å². The van der Waals surface area contributed by atoms with Crippen LogP contribution in [-0.4, -0.2) is 67.2 Å². The highest BCUT2D eigenvalue weighted by atomic mass is 35.5. The zero-order valence-electron chi connectivity index (χ0n) is 17.3. The zero-order chi connectivity index (χ0) is 21.6. The lowest BCUT2D eigenvalue weighted by atomic mass is 10.3. The normalized spacial score (nSPS) is 14.8. The third-order valence-corrected chi connectivity index (χ3v) is 8.05. The number of anilines is 1. The summed E-state index contributed by atoms with van der Waals surface area (Å²) in [6, 6.07) is 13.8. The van der Waals surface area contributed by atoms with E-state index in [1.54, 1.807) is 23.1 Å². The molecule has 31 heavy (non-hydrogen) atoms. The molecule has 3 aromatic rings. The highest BCUT2D eigenvalue weighted by molar-refractivity contribution is 8.00. The van der Waals surface area contributed by atoms with E-state index in [0.29, 0.717) is 17.3 Å². The number of thioether (sulfide) groups is 2. The number of morpholine rings is 1. The number of thiazole rings is 1. The molecule has 0 radical (unpaired) electrons. The van der Waals surface area contributed by atoms with E-state index in [1.165, 1.54) is 16.7 Å². The van der Waals surface area contributed by atoms with Gasteiger partial charge in [-0.1, -0.05) is 22.9 Å². The van der Waals surface area contributed by atoms with Crippen LogP contribution in [0.25, 0.3) is 10.2 Å². The van der Waals surface area contributed by atoms with Gasteiger partial charge in [0.2, 0.25) is 5.91 Å². The molecule has 9 heteroatoms. The number of aromatic nitrogens is 1. The molecule has 1 fully saturated rings. The molecule has 4 rings (SSSR count). The van der Waals surface area contributed by atoms with Crippen molar-refractivity contribution in [2.45, 2.75) is 9.79 Å². The van der Waals surface area contributed by atoms with Crippen molar-refractivity contribution in [3.05, 3.63) is 47.5 Å². The Kier molecular flexibility index (Phi) is 8.14. The Morgan fingerprint density at radius 1 is 1.19 bits per heavy atom. The lowest BCUT2D eigenvalue weighted by Crippen LogP contribution is -2.43. The molecule has 2 aromatic carbocycles. The molecule has 0 N–H and O–H groups in total. The maximum Gasteiger partial charge on any atom is 0.239 e. The topological polar surface area (TPSA) is 45.7 Å². The minimum Gasteiger partial charge on any atom is -0.379 e. The molecule has 1 aliphatic rings. The predicted octanol–water partition coefficient (Wildman–Crippen LogP) is 5.13. The van der Waals surface area contributed by atoms with E-state index < -0.39 is 0 Å². The number of benzene rings is 2. The molecule has 0 unspecified atom stereocenters. The van der Waals surface area contributed by atoms with E-state index in [1.807, 2.05) is 35.2 Å². The van der Waals surface area contributed by atoms with Crippen molar-refractivity contribution < 1.29 is 9.53 Å². The number of hydrogen-bond acceptors (Lipinski definition) is 7. The molecule has 1 aromatic heterocycles. The van der Waals surface area contributed by atoms with Crippen LogP contribution < -0.4 is 4.90 Å². The average Bonchev–Trinajstić information content (AvgIpc) is 3.22. The van der Waals surface area contributed by atoms with Crippen LogP contribution in [0.1, 0.15) is 0 Å². The Morgan fingerprint density at radius 2 is 1.94 bits per heavy atom. The zero-order valence-corrected chi connectivity index (χ0v) is 20.5. The van der Waals surface area contributed by atoms with Crippen molar-refractivity contribution in [1.82, 2.24) is 9.88 Å². The first-order valence-corrected chi connectivity index (χ1v) is 13.5. The average molecular weight is 494 g/mol. The molecule has 1 aliphatic heterocycles. The number of carbonyl (C=O) groups excluding carboxylic acids is 1. The number of hydrogen-bond donors (Lipinski definition) is 0. The largest absolute Gasteiger partial charge is 0.379 e. The van der Waals surface area contributed by atoms with Gasteiger partial charge in [0, 0.05) is 41.0 Å². The maximum absolute atomic E-state index is 13.3. The van der Waals surface area contributed by atoms with Gasteiger partial charge in [-0.05, 0) is 48.7 Å². The lowest BCUT2D eigenvalue weighted by molar-refractivity contribution is -0.116. The van der Waals surface area contributed by atoms with E-state index in [4.69, 9.17) is 21.3 Å². The summed E-state index contributed by atoms with van der Waals surface area (Å²) in [5.74, 6) is 0.425. The summed E-state index contributed by atoms with van der Waals surface area (Å²) in [4.78, 5) is 24.5. The third-order valence-electron chi connectivity index (χ3n) is 5.04. The summed E-state index contributed by atoms with van der Waals surface area (Å²) >= 11 is 10.8. The van der Waals surface area contributed by atoms with Crippen molar-refractivity contribution in [3.8, 4) is 0 Å². The Balaban J connectivity index is 1.51. The standard InChI is InChI=1S/C22H24ClN3O2S3/c1-29-18-6-7-19-20(14-18)31-22(24-19)26(9-8-25-10-12-28-13-11-25)21(27)15-30-17-4-2-16(23)3-5-17/h2-7,14H,8-13,15H2,1H3. The SMILES string of the molecule is CSc1ccc2nc(N(CCN3CCOCC3)C(=O)CSc3ccc(Cl)cc3)sc2c1. The molecule has 164 valence electrons. The van der Waals surface area contributed by atoms with E-state index >= 15 is 0 Å². The van der Waals surface area contributed by atoms with Gasteiger partial charge in [0.1, 0.15) is 0 Å². The van der Waals surface area contributed by atoms with Crippen LogP contribution in [0.3, 0.4) is 0 Å². The Bertz CT molecular complexity index is 1020. The van der Waals surface area contributed by atoms with Crippen LogP contribution in [-0.2, 0) is 9.53 Å². The second-order valence-electron chi connectivity index (χ2n) is 7.07. The second-order valence-corrected chi connectivity index (χ2v) is 10.4. The first-order chi connectivity index (χ1) is 15.1.